The van der Waals surface area contributed by atoms with Gasteiger partial charge in [0.15, 0.2) is 0 Å². The van der Waals surface area contributed by atoms with Gasteiger partial charge >= 0.3 is 0 Å². The van der Waals surface area contributed by atoms with E-state index in [1.54, 1.807) is 0 Å². The number of fused-ring (bicyclic) bond motifs is 1. The van der Waals surface area contributed by atoms with Crippen LogP contribution in [0.3, 0.4) is 0 Å². The molecule has 2 nitrogen and oxygen atoms in total. The van der Waals surface area contributed by atoms with Gasteiger partial charge in [-0.2, -0.15) is 0 Å². The zero-order valence-corrected chi connectivity index (χ0v) is 11.3. The van der Waals surface area contributed by atoms with Crippen LogP contribution in [0.25, 0.3) is 0 Å². The second kappa shape index (κ2) is 4.34. The molecule has 1 aromatic rings. The van der Waals surface area contributed by atoms with Gasteiger partial charge in [-0.05, 0) is 32.9 Å². The Labute approximate surface area is 107 Å². The van der Waals surface area contributed by atoms with E-state index in [1.807, 2.05) is 12.1 Å². The van der Waals surface area contributed by atoms with Gasteiger partial charge in [0, 0.05) is 13.1 Å². The van der Waals surface area contributed by atoms with Crippen LogP contribution in [0.5, 0.6) is 0 Å². The number of hydrogen-bond donors (Lipinski definition) is 0. The molecule has 88 valence electrons. The van der Waals surface area contributed by atoms with E-state index in [9.17, 15) is 0 Å². The summed E-state index contributed by atoms with van der Waals surface area (Å²) in [7, 11) is 0. The Morgan fingerprint density at radius 2 is 1.38 bits per heavy atom. The number of rotatable bonds is 2. The van der Waals surface area contributed by atoms with Crippen molar-refractivity contribution in [3.8, 4) is 0 Å². The van der Waals surface area contributed by atoms with Gasteiger partial charge < -0.3 is 9.80 Å². The summed E-state index contributed by atoms with van der Waals surface area (Å²) in [4.78, 5) is 4.67. The van der Waals surface area contributed by atoms with Crippen LogP contribution < -0.4 is 9.80 Å². The van der Waals surface area contributed by atoms with Crippen LogP contribution in [-0.4, -0.2) is 19.3 Å². The van der Waals surface area contributed by atoms with Gasteiger partial charge in [-0.3, -0.25) is 0 Å². The van der Waals surface area contributed by atoms with E-state index in [1.165, 1.54) is 11.4 Å². The van der Waals surface area contributed by atoms with Crippen LogP contribution in [0.4, 0.5) is 11.4 Å². The lowest BCUT2D eigenvalue weighted by Crippen LogP contribution is -2.40. The summed E-state index contributed by atoms with van der Waals surface area (Å²) in [5.74, 6) is 0. The Bertz CT molecular complexity index is 369. The third-order valence-corrected chi connectivity index (χ3v) is 3.94. The summed E-state index contributed by atoms with van der Waals surface area (Å²) in [5.41, 5.74) is 2.37. The van der Waals surface area contributed by atoms with Crippen molar-refractivity contribution in [2.24, 2.45) is 0 Å². The maximum atomic E-state index is 6.08. The van der Waals surface area contributed by atoms with E-state index in [0.717, 1.165) is 13.1 Å². The topological polar surface area (TPSA) is 6.48 Å². The van der Waals surface area contributed by atoms with Gasteiger partial charge in [0.05, 0.1) is 27.6 Å². The van der Waals surface area contributed by atoms with Crippen molar-refractivity contribution < 1.29 is 0 Å². The van der Waals surface area contributed by atoms with E-state index in [2.05, 4.69) is 30.6 Å². The van der Waals surface area contributed by atoms with Gasteiger partial charge in [0.2, 0.25) is 0 Å². The van der Waals surface area contributed by atoms with Gasteiger partial charge in [-0.15, -0.1) is 0 Å². The molecule has 0 atom stereocenters. The first kappa shape index (κ1) is 11.9. The predicted molar refractivity (Wildman–Crippen MR) is 72.0 cm³/mol. The number of hydrogen-bond acceptors (Lipinski definition) is 2. The number of anilines is 2. The zero-order valence-electron chi connectivity index (χ0n) is 9.80. The molecule has 0 aliphatic carbocycles. The van der Waals surface area contributed by atoms with Crippen molar-refractivity contribution in [1.29, 1.82) is 0 Å². The average Bonchev–Trinajstić information content (AvgIpc) is 2.50. The maximum absolute atomic E-state index is 6.08. The average molecular weight is 259 g/mol. The van der Waals surface area contributed by atoms with E-state index in [4.69, 9.17) is 23.2 Å². The molecule has 1 aromatic carbocycles. The molecule has 0 fully saturated rings. The van der Waals surface area contributed by atoms with Crippen LogP contribution in [0.15, 0.2) is 12.1 Å². The summed E-state index contributed by atoms with van der Waals surface area (Å²) >= 11 is 12.2. The molecule has 0 unspecified atom stereocenters. The maximum Gasteiger partial charge on any atom is 0.0987 e. The third-order valence-electron chi connectivity index (χ3n) is 3.22. The van der Waals surface area contributed by atoms with E-state index < -0.39 is 0 Å². The normalized spacial score (nSPS) is 15.8. The lowest BCUT2D eigenvalue weighted by atomic mass is 10.2. The fraction of sp³-hybridized carbons (Fsp3) is 0.500. The van der Waals surface area contributed by atoms with Gasteiger partial charge in [-0.25, -0.2) is 0 Å². The SMILES string of the molecule is CCN1c2cc(Cl)c(Cl)cc2N(CC)C1C. The fourth-order valence-corrected chi connectivity index (χ4v) is 2.74. The summed E-state index contributed by atoms with van der Waals surface area (Å²) < 4.78 is 0. The molecule has 0 radical (unpaired) electrons. The van der Waals surface area contributed by atoms with Crippen LogP contribution >= 0.6 is 23.2 Å². The molecule has 0 saturated heterocycles. The lowest BCUT2D eigenvalue weighted by Gasteiger charge is -2.28. The molecule has 4 heteroatoms. The Hall–Kier alpha value is -0.600. The van der Waals surface area contributed by atoms with Crippen molar-refractivity contribution in [3.05, 3.63) is 22.2 Å². The van der Waals surface area contributed by atoms with Gasteiger partial charge in [0.1, 0.15) is 0 Å². The van der Waals surface area contributed by atoms with Crippen LogP contribution in [0.1, 0.15) is 20.8 Å². The van der Waals surface area contributed by atoms with Crippen molar-refractivity contribution in [1.82, 2.24) is 0 Å². The van der Waals surface area contributed by atoms with Crippen LogP contribution in [0.2, 0.25) is 10.0 Å². The molecule has 16 heavy (non-hydrogen) atoms. The van der Waals surface area contributed by atoms with Crippen molar-refractivity contribution >= 4 is 34.6 Å². The highest BCUT2D eigenvalue weighted by atomic mass is 35.5. The molecule has 0 saturated carbocycles. The first-order valence-corrected chi connectivity index (χ1v) is 6.38. The third kappa shape index (κ3) is 1.64. The zero-order chi connectivity index (χ0) is 11.9. The smallest absolute Gasteiger partial charge is 0.0987 e. The van der Waals surface area contributed by atoms with Crippen molar-refractivity contribution in [2.75, 3.05) is 22.9 Å². The minimum absolute atomic E-state index is 0.375. The minimum atomic E-state index is 0.375. The van der Waals surface area contributed by atoms with Crippen molar-refractivity contribution in [2.45, 2.75) is 26.9 Å². The van der Waals surface area contributed by atoms with E-state index >= 15 is 0 Å². The quantitative estimate of drug-likeness (QED) is 0.791. The van der Waals surface area contributed by atoms with Crippen molar-refractivity contribution in [3.63, 3.8) is 0 Å². The summed E-state index contributed by atoms with van der Waals surface area (Å²) in [6.07, 6.45) is 0.375. The predicted octanol–water partition coefficient (Wildman–Crippen LogP) is 4.01. The molecule has 1 aliphatic heterocycles. The molecular formula is C12H16Cl2N2. The second-order valence-corrected chi connectivity index (χ2v) is 4.77. The molecule has 0 aromatic heterocycles. The van der Waals surface area contributed by atoms with E-state index in [0.29, 0.717) is 16.2 Å². The van der Waals surface area contributed by atoms with Crippen LogP contribution in [0, 0.1) is 0 Å². The summed E-state index contributed by atoms with van der Waals surface area (Å²) in [6.45, 7) is 8.46. The highest BCUT2D eigenvalue weighted by Gasteiger charge is 2.31. The molecule has 0 amide bonds. The number of halogens is 2. The summed E-state index contributed by atoms with van der Waals surface area (Å²) in [5, 5.41) is 1.26. The Kier molecular flexibility index (Phi) is 3.22. The Balaban J connectivity index is 2.54. The molecule has 2 rings (SSSR count). The Morgan fingerprint density at radius 1 is 1.00 bits per heavy atom. The Morgan fingerprint density at radius 3 is 1.69 bits per heavy atom. The largest absolute Gasteiger partial charge is 0.350 e. The van der Waals surface area contributed by atoms with Gasteiger partial charge in [-0.1, -0.05) is 23.2 Å². The molecule has 0 N–H and O–H groups in total. The molecule has 1 heterocycles. The lowest BCUT2D eigenvalue weighted by molar-refractivity contribution is 0.644. The first-order chi connectivity index (χ1) is 7.60. The second-order valence-electron chi connectivity index (χ2n) is 3.96. The molecular weight excluding hydrogens is 243 g/mol. The monoisotopic (exact) mass is 258 g/mol. The van der Waals surface area contributed by atoms with E-state index in [-0.39, 0.29) is 0 Å². The fourth-order valence-electron chi connectivity index (χ4n) is 2.43. The molecule has 0 bridgehead atoms. The standard InChI is InChI=1S/C12H16Cl2N2/c1-4-15-8(3)16(5-2)12-7-10(14)9(13)6-11(12)15/h6-8H,4-5H2,1-3H3. The minimum Gasteiger partial charge on any atom is -0.350 e. The number of nitrogens with zero attached hydrogens (tertiary/aromatic N) is 2. The molecule has 1 aliphatic rings. The summed E-state index contributed by atoms with van der Waals surface area (Å²) in [6, 6.07) is 3.93. The first-order valence-electron chi connectivity index (χ1n) is 5.62. The highest BCUT2D eigenvalue weighted by Crippen LogP contribution is 2.43. The molecule has 0 spiro atoms. The van der Waals surface area contributed by atoms with Crippen LogP contribution in [-0.2, 0) is 0 Å². The number of benzene rings is 1. The van der Waals surface area contributed by atoms with Gasteiger partial charge in [0.25, 0.3) is 0 Å². The highest BCUT2D eigenvalue weighted by molar-refractivity contribution is 6.42.